The van der Waals surface area contributed by atoms with E-state index < -0.39 is 11.5 Å². The molecule has 5 heteroatoms. The summed E-state index contributed by atoms with van der Waals surface area (Å²) in [6, 6.07) is 2.85. The summed E-state index contributed by atoms with van der Waals surface area (Å²) >= 11 is 0. The molecule has 0 bridgehead atoms. The summed E-state index contributed by atoms with van der Waals surface area (Å²) in [5.74, 6) is 1.80. The summed E-state index contributed by atoms with van der Waals surface area (Å²) in [6.45, 7) is 3.45. The number of terminal acetylenes is 1. The number of amides is 1. The highest BCUT2D eigenvalue weighted by molar-refractivity contribution is 5.99. The van der Waals surface area contributed by atoms with E-state index in [2.05, 4.69) is 21.5 Å². The molecule has 1 aliphatic rings. The van der Waals surface area contributed by atoms with Gasteiger partial charge in [-0.1, -0.05) is 5.92 Å². The van der Waals surface area contributed by atoms with Gasteiger partial charge in [0.2, 0.25) is 5.95 Å². The second-order valence-electron chi connectivity index (χ2n) is 5.53. The fraction of sp³-hybridized carbons (Fsp3) is 0.467. The first-order chi connectivity index (χ1) is 9.41. The number of aromatic nitrogens is 1. The molecule has 4 nitrogen and oxygen atoms in total. The summed E-state index contributed by atoms with van der Waals surface area (Å²) in [5, 5.41) is 5.82. The Morgan fingerprint density at radius 1 is 1.50 bits per heavy atom. The molecule has 0 saturated heterocycles. The van der Waals surface area contributed by atoms with Gasteiger partial charge < -0.3 is 10.6 Å². The Labute approximate surface area is 118 Å². The highest BCUT2D eigenvalue weighted by atomic mass is 19.1. The molecule has 1 heterocycles. The van der Waals surface area contributed by atoms with Crippen LogP contribution in [0.4, 0.5) is 10.2 Å². The quantitative estimate of drug-likeness (QED) is 0.655. The number of nitrogens with one attached hydrogen (secondary N) is 2. The molecule has 20 heavy (non-hydrogen) atoms. The van der Waals surface area contributed by atoms with Crippen molar-refractivity contribution >= 4 is 11.7 Å². The van der Waals surface area contributed by atoms with Crippen LogP contribution in [0.3, 0.4) is 0 Å². The van der Waals surface area contributed by atoms with Crippen molar-refractivity contribution in [3.05, 3.63) is 23.6 Å². The van der Waals surface area contributed by atoms with E-state index in [1.54, 1.807) is 13.8 Å². The molecule has 1 aromatic heterocycles. The van der Waals surface area contributed by atoms with E-state index in [1.165, 1.54) is 12.1 Å². The largest absolute Gasteiger partial charge is 0.367 e. The van der Waals surface area contributed by atoms with E-state index in [0.717, 1.165) is 19.3 Å². The minimum absolute atomic E-state index is 0.261. The topological polar surface area (TPSA) is 54.0 Å². The summed E-state index contributed by atoms with van der Waals surface area (Å²) < 4.78 is 13.3. The third kappa shape index (κ3) is 3.27. The third-order valence-corrected chi connectivity index (χ3v) is 3.34. The van der Waals surface area contributed by atoms with Crippen molar-refractivity contribution in [2.24, 2.45) is 0 Å². The Bertz CT molecular complexity index is 559. The molecule has 1 saturated carbocycles. The van der Waals surface area contributed by atoms with E-state index in [4.69, 9.17) is 6.42 Å². The van der Waals surface area contributed by atoms with Crippen molar-refractivity contribution in [1.82, 2.24) is 10.3 Å². The van der Waals surface area contributed by atoms with Gasteiger partial charge in [-0.25, -0.2) is 4.98 Å². The van der Waals surface area contributed by atoms with Gasteiger partial charge in [-0.15, -0.1) is 6.42 Å². The number of carbonyl (C=O) groups is 1. The second kappa shape index (κ2) is 5.49. The van der Waals surface area contributed by atoms with Crippen molar-refractivity contribution in [1.29, 1.82) is 0 Å². The second-order valence-corrected chi connectivity index (χ2v) is 5.53. The lowest BCUT2D eigenvalue weighted by Gasteiger charge is -2.28. The maximum atomic E-state index is 13.3. The Morgan fingerprint density at radius 3 is 2.75 bits per heavy atom. The maximum absolute atomic E-state index is 13.3. The van der Waals surface area contributed by atoms with Gasteiger partial charge in [0.25, 0.3) is 5.91 Å². The molecule has 0 aliphatic heterocycles. The Morgan fingerprint density at radius 2 is 2.20 bits per heavy atom. The van der Waals surface area contributed by atoms with Gasteiger partial charge in [-0.2, -0.15) is 4.39 Å². The van der Waals surface area contributed by atoms with E-state index in [-0.39, 0.29) is 17.8 Å². The van der Waals surface area contributed by atoms with Crippen LogP contribution in [0.15, 0.2) is 12.1 Å². The molecule has 106 valence electrons. The van der Waals surface area contributed by atoms with Crippen LogP contribution in [0.25, 0.3) is 0 Å². The van der Waals surface area contributed by atoms with E-state index in [1.807, 2.05) is 0 Å². The smallest absolute Gasteiger partial charge is 0.256 e. The molecule has 1 aliphatic carbocycles. The fourth-order valence-electron chi connectivity index (χ4n) is 1.86. The third-order valence-electron chi connectivity index (χ3n) is 3.34. The van der Waals surface area contributed by atoms with Gasteiger partial charge in [0.1, 0.15) is 5.82 Å². The number of anilines is 1. The van der Waals surface area contributed by atoms with E-state index in [0.29, 0.717) is 5.56 Å². The summed E-state index contributed by atoms with van der Waals surface area (Å²) in [4.78, 5) is 16.0. The van der Waals surface area contributed by atoms with Gasteiger partial charge in [-0.05, 0) is 45.2 Å². The molecule has 0 aromatic carbocycles. The predicted octanol–water partition coefficient (Wildman–Crippen LogP) is 2.33. The van der Waals surface area contributed by atoms with Crippen LogP contribution in [0.5, 0.6) is 0 Å². The highest BCUT2D eigenvalue weighted by Gasteiger charge is 2.24. The standard InChI is InChI=1S/C15H18FN3O/c1-4-15(2,3)19-14(20)11-8-9-12(16)18-13(11)17-10-6-5-7-10/h1,8-10H,5-7H2,2-3H3,(H,17,18)(H,19,20). The molecule has 1 fully saturated rings. The molecule has 0 radical (unpaired) electrons. The SMILES string of the molecule is C#CC(C)(C)NC(=O)c1ccc(F)nc1NC1CCC1. The Kier molecular flexibility index (Phi) is 3.93. The van der Waals surface area contributed by atoms with Gasteiger partial charge in [0.15, 0.2) is 0 Å². The first-order valence-electron chi connectivity index (χ1n) is 6.64. The first-order valence-corrected chi connectivity index (χ1v) is 6.64. The number of halogens is 1. The Hall–Kier alpha value is -2.09. The molecule has 0 atom stereocenters. The molecule has 0 unspecified atom stereocenters. The Balaban J connectivity index is 2.21. The normalized spacial score (nSPS) is 15.1. The zero-order valence-corrected chi connectivity index (χ0v) is 11.7. The molecule has 0 spiro atoms. The monoisotopic (exact) mass is 275 g/mol. The van der Waals surface area contributed by atoms with E-state index >= 15 is 0 Å². The van der Waals surface area contributed by atoms with Crippen molar-refractivity contribution in [3.8, 4) is 12.3 Å². The molecule has 2 N–H and O–H groups in total. The molecule has 1 aromatic rings. The lowest BCUT2D eigenvalue weighted by Crippen LogP contribution is -2.42. The van der Waals surface area contributed by atoms with Gasteiger partial charge in [0, 0.05) is 6.04 Å². The molecular formula is C15H18FN3O. The fourth-order valence-corrected chi connectivity index (χ4v) is 1.86. The van der Waals surface area contributed by atoms with Crippen LogP contribution in [-0.4, -0.2) is 22.5 Å². The maximum Gasteiger partial charge on any atom is 0.256 e. The molecule has 2 rings (SSSR count). The zero-order valence-electron chi connectivity index (χ0n) is 11.7. The highest BCUT2D eigenvalue weighted by Crippen LogP contribution is 2.24. The molecular weight excluding hydrogens is 257 g/mol. The lowest BCUT2D eigenvalue weighted by atomic mass is 9.93. The number of hydrogen-bond donors (Lipinski definition) is 2. The number of nitrogens with zero attached hydrogens (tertiary/aromatic N) is 1. The van der Waals surface area contributed by atoms with Gasteiger partial charge in [-0.3, -0.25) is 4.79 Å². The number of carbonyl (C=O) groups excluding carboxylic acids is 1. The zero-order chi connectivity index (χ0) is 14.8. The van der Waals surface area contributed by atoms with Gasteiger partial charge >= 0.3 is 0 Å². The predicted molar refractivity (Wildman–Crippen MR) is 75.8 cm³/mol. The van der Waals surface area contributed by atoms with Crippen molar-refractivity contribution in [2.45, 2.75) is 44.7 Å². The van der Waals surface area contributed by atoms with Crippen LogP contribution in [0, 0.1) is 18.3 Å². The lowest BCUT2D eigenvalue weighted by molar-refractivity contribution is 0.0930. The van der Waals surface area contributed by atoms with Crippen LogP contribution in [0.2, 0.25) is 0 Å². The summed E-state index contributed by atoms with van der Waals surface area (Å²) in [5.41, 5.74) is -0.458. The van der Waals surface area contributed by atoms with Crippen LogP contribution in [0.1, 0.15) is 43.5 Å². The van der Waals surface area contributed by atoms with Crippen molar-refractivity contribution < 1.29 is 9.18 Å². The average Bonchev–Trinajstić information content (AvgIpc) is 2.33. The molecule has 1 amide bonds. The minimum atomic E-state index is -0.765. The van der Waals surface area contributed by atoms with Crippen LogP contribution in [-0.2, 0) is 0 Å². The van der Waals surface area contributed by atoms with Crippen LogP contribution >= 0.6 is 0 Å². The average molecular weight is 275 g/mol. The summed E-state index contributed by atoms with van der Waals surface area (Å²) in [6.07, 6.45) is 8.51. The first kappa shape index (κ1) is 14.3. The number of hydrogen-bond acceptors (Lipinski definition) is 3. The van der Waals surface area contributed by atoms with Crippen molar-refractivity contribution in [2.75, 3.05) is 5.32 Å². The van der Waals surface area contributed by atoms with Crippen LogP contribution < -0.4 is 10.6 Å². The number of rotatable bonds is 4. The minimum Gasteiger partial charge on any atom is -0.367 e. The number of pyridine rings is 1. The summed E-state index contributed by atoms with van der Waals surface area (Å²) in [7, 11) is 0. The van der Waals surface area contributed by atoms with E-state index in [9.17, 15) is 9.18 Å². The van der Waals surface area contributed by atoms with Gasteiger partial charge in [0.05, 0.1) is 11.1 Å². The van der Waals surface area contributed by atoms with Crippen molar-refractivity contribution in [3.63, 3.8) is 0 Å².